The molecule has 5 heteroatoms. The number of unbranched alkanes of at least 4 members (excludes halogenated alkanes) is 1. The highest BCUT2D eigenvalue weighted by atomic mass is 16.7. The van der Waals surface area contributed by atoms with Crippen LogP contribution in [0.25, 0.3) is 0 Å². The number of carbonyl (C=O) groups is 1. The SMILES string of the molecule is CCC/C=C(\CCC)CN/C=C(\N)COC(=O)O. The molecule has 0 fully saturated rings. The molecule has 0 bridgehead atoms. The fourth-order valence-corrected chi connectivity index (χ4v) is 1.43. The molecule has 0 aliphatic rings. The first-order chi connectivity index (χ1) is 8.60. The van der Waals surface area contributed by atoms with Crippen molar-refractivity contribution in [2.24, 2.45) is 5.73 Å². The summed E-state index contributed by atoms with van der Waals surface area (Å²) < 4.78 is 4.34. The molecule has 0 aromatic rings. The summed E-state index contributed by atoms with van der Waals surface area (Å²) in [6.45, 7) is 4.92. The van der Waals surface area contributed by atoms with Crippen LogP contribution < -0.4 is 11.1 Å². The maximum Gasteiger partial charge on any atom is 0.506 e. The number of ether oxygens (including phenoxy) is 1. The molecule has 0 saturated heterocycles. The van der Waals surface area contributed by atoms with Gasteiger partial charge < -0.3 is 20.9 Å². The fraction of sp³-hybridized carbons (Fsp3) is 0.615. The third kappa shape index (κ3) is 9.57. The third-order valence-corrected chi connectivity index (χ3v) is 2.27. The van der Waals surface area contributed by atoms with E-state index in [1.165, 1.54) is 5.57 Å². The van der Waals surface area contributed by atoms with Gasteiger partial charge in [0.2, 0.25) is 0 Å². The molecule has 0 spiro atoms. The molecule has 0 heterocycles. The zero-order chi connectivity index (χ0) is 13.8. The average molecular weight is 256 g/mol. The molecule has 0 aromatic heterocycles. The summed E-state index contributed by atoms with van der Waals surface area (Å²) in [5.41, 5.74) is 7.29. The van der Waals surface area contributed by atoms with E-state index in [0.717, 1.165) is 32.2 Å². The molecule has 0 unspecified atom stereocenters. The molecule has 0 rings (SSSR count). The van der Waals surface area contributed by atoms with Gasteiger partial charge in [0.05, 0.1) is 5.70 Å². The number of allylic oxidation sites excluding steroid dienone is 1. The Bertz CT molecular complexity index is 299. The minimum absolute atomic E-state index is 0.107. The molecule has 0 saturated carbocycles. The predicted molar refractivity (Wildman–Crippen MR) is 72.1 cm³/mol. The molecule has 0 amide bonds. The van der Waals surface area contributed by atoms with Crippen LogP contribution in [0.15, 0.2) is 23.5 Å². The summed E-state index contributed by atoms with van der Waals surface area (Å²) in [5, 5.41) is 11.4. The van der Waals surface area contributed by atoms with Crippen LogP contribution >= 0.6 is 0 Å². The number of hydrogen-bond donors (Lipinski definition) is 3. The lowest BCUT2D eigenvalue weighted by Crippen LogP contribution is -2.17. The van der Waals surface area contributed by atoms with Crippen molar-refractivity contribution in [2.75, 3.05) is 13.2 Å². The van der Waals surface area contributed by atoms with Crippen molar-refractivity contribution in [3.63, 3.8) is 0 Å². The molecule has 0 aliphatic heterocycles. The molecular weight excluding hydrogens is 232 g/mol. The second-order valence-electron chi connectivity index (χ2n) is 4.06. The largest absolute Gasteiger partial charge is 0.506 e. The summed E-state index contributed by atoms with van der Waals surface area (Å²) in [4.78, 5) is 10.2. The Labute approximate surface area is 109 Å². The van der Waals surface area contributed by atoms with Crippen LogP contribution in [0, 0.1) is 0 Å². The van der Waals surface area contributed by atoms with Gasteiger partial charge in [-0.05, 0) is 12.8 Å². The van der Waals surface area contributed by atoms with Gasteiger partial charge >= 0.3 is 6.16 Å². The van der Waals surface area contributed by atoms with Crippen molar-refractivity contribution in [3.05, 3.63) is 23.5 Å². The van der Waals surface area contributed by atoms with Gasteiger partial charge in [0.15, 0.2) is 0 Å². The summed E-state index contributed by atoms with van der Waals surface area (Å²) in [6.07, 6.45) is 6.91. The van der Waals surface area contributed by atoms with Gasteiger partial charge in [-0.1, -0.05) is 38.3 Å². The minimum Gasteiger partial charge on any atom is -0.450 e. The first-order valence-corrected chi connectivity index (χ1v) is 6.31. The first-order valence-electron chi connectivity index (χ1n) is 6.31. The molecule has 0 radical (unpaired) electrons. The van der Waals surface area contributed by atoms with Crippen LogP contribution in [0.5, 0.6) is 0 Å². The zero-order valence-corrected chi connectivity index (χ0v) is 11.2. The lowest BCUT2D eigenvalue weighted by atomic mass is 10.1. The normalized spacial score (nSPS) is 12.3. The van der Waals surface area contributed by atoms with E-state index >= 15 is 0 Å². The number of hydrogen-bond acceptors (Lipinski definition) is 4. The average Bonchev–Trinajstić information content (AvgIpc) is 2.33. The highest BCUT2D eigenvalue weighted by molar-refractivity contribution is 5.57. The monoisotopic (exact) mass is 256 g/mol. The standard InChI is InChI=1S/C13H24N2O3/c1-3-5-7-11(6-4-2)8-15-9-12(14)10-18-13(16)17/h7,9,15H,3-6,8,10,14H2,1-2H3,(H,16,17)/b11-7+,12-9-. The lowest BCUT2D eigenvalue weighted by Gasteiger charge is -2.07. The van der Waals surface area contributed by atoms with E-state index in [1.54, 1.807) is 6.20 Å². The molecule has 0 atom stereocenters. The Morgan fingerprint density at radius 3 is 2.67 bits per heavy atom. The zero-order valence-electron chi connectivity index (χ0n) is 11.2. The molecule has 5 nitrogen and oxygen atoms in total. The van der Waals surface area contributed by atoms with Gasteiger partial charge in [-0.2, -0.15) is 0 Å². The lowest BCUT2D eigenvalue weighted by molar-refractivity contribution is 0.0993. The van der Waals surface area contributed by atoms with Crippen molar-refractivity contribution in [2.45, 2.75) is 39.5 Å². The molecule has 4 N–H and O–H groups in total. The van der Waals surface area contributed by atoms with Gasteiger partial charge in [0, 0.05) is 12.7 Å². The third-order valence-electron chi connectivity index (χ3n) is 2.27. The van der Waals surface area contributed by atoms with Crippen LogP contribution in [0.4, 0.5) is 4.79 Å². The van der Waals surface area contributed by atoms with E-state index in [2.05, 4.69) is 30.0 Å². The van der Waals surface area contributed by atoms with Crippen LogP contribution in [-0.4, -0.2) is 24.4 Å². The summed E-state index contributed by atoms with van der Waals surface area (Å²) in [7, 11) is 0. The number of rotatable bonds is 9. The van der Waals surface area contributed by atoms with Crippen LogP contribution in [-0.2, 0) is 4.74 Å². The molecule has 104 valence electrons. The molecule has 18 heavy (non-hydrogen) atoms. The van der Waals surface area contributed by atoms with E-state index < -0.39 is 6.16 Å². The van der Waals surface area contributed by atoms with Gasteiger partial charge in [-0.15, -0.1) is 0 Å². The number of carboxylic acid groups (broad SMARTS) is 1. The van der Waals surface area contributed by atoms with Crippen LogP contribution in [0.1, 0.15) is 39.5 Å². The van der Waals surface area contributed by atoms with E-state index in [9.17, 15) is 4.79 Å². The van der Waals surface area contributed by atoms with Gasteiger partial charge in [-0.25, -0.2) is 4.79 Å². The molecular formula is C13H24N2O3. The Kier molecular flexibility index (Phi) is 9.54. The number of nitrogens with one attached hydrogen (secondary N) is 1. The van der Waals surface area contributed by atoms with E-state index in [1.807, 2.05) is 0 Å². The van der Waals surface area contributed by atoms with Crippen LogP contribution in [0.3, 0.4) is 0 Å². The van der Waals surface area contributed by atoms with E-state index in [4.69, 9.17) is 10.8 Å². The molecule has 0 aromatic carbocycles. The van der Waals surface area contributed by atoms with Gasteiger partial charge in [-0.3, -0.25) is 0 Å². The Balaban J connectivity index is 4.03. The quantitative estimate of drug-likeness (QED) is 0.436. The summed E-state index contributed by atoms with van der Waals surface area (Å²) in [6, 6.07) is 0. The molecule has 0 aliphatic carbocycles. The van der Waals surface area contributed by atoms with Crippen molar-refractivity contribution in [1.29, 1.82) is 0 Å². The predicted octanol–water partition coefficient (Wildman–Crippen LogP) is 2.60. The highest BCUT2D eigenvalue weighted by Gasteiger charge is 1.98. The maximum atomic E-state index is 10.2. The Morgan fingerprint density at radius 2 is 2.11 bits per heavy atom. The van der Waals surface area contributed by atoms with Crippen molar-refractivity contribution in [1.82, 2.24) is 5.32 Å². The fourth-order valence-electron chi connectivity index (χ4n) is 1.43. The first kappa shape index (κ1) is 16.4. The number of nitrogens with two attached hydrogens (primary N) is 1. The van der Waals surface area contributed by atoms with Crippen LogP contribution in [0.2, 0.25) is 0 Å². The van der Waals surface area contributed by atoms with E-state index in [-0.39, 0.29) is 6.61 Å². The van der Waals surface area contributed by atoms with Gasteiger partial charge in [0.1, 0.15) is 6.61 Å². The van der Waals surface area contributed by atoms with Gasteiger partial charge in [0.25, 0.3) is 0 Å². The van der Waals surface area contributed by atoms with Crippen molar-refractivity contribution in [3.8, 4) is 0 Å². The Morgan fingerprint density at radius 1 is 1.39 bits per heavy atom. The van der Waals surface area contributed by atoms with Crippen molar-refractivity contribution >= 4 is 6.16 Å². The summed E-state index contributed by atoms with van der Waals surface area (Å²) >= 11 is 0. The second kappa shape index (κ2) is 10.5. The second-order valence-corrected chi connectivity index (χ2v) is 4.06. The van der Waals surface area contributed by atoms with E-state index in [0.29, 0.717) is 5.70 Å². The highest BCUT2D eigenvalue weighted by Crippen LogP contribution is 2.06. The summed E-state index contributed by atoms with van der Waals surface area (Å²) in [5.74, 6) is 0. The van der Waals surface area contributed by atoms with Crippen molar-refractivity contribution < 1.29 is 14.6 Å². The maximum absolute atomic E-state index is 10.2. The topological polar surface area (TPSA) is 84.6 Å². The minimum atomic E-state index is -1.32. The Hall–Kier alpha value is -1.65. The smallest absolute Gasteiger partial charge is 0.450 e.